The smallest absolute Gasteiger partial charge is 0.457 e. The van der Waals surface area contributed by atoms with Crippen LogP contribution in [0.25, 0.3) is 0 Å². The summed E-state index contributed by atoms with van der Waals surface area (Å²) in [5, 5.41) is 8.37. The Kier molecular flexibility index (Phi) is 3.51. The molecule has 0 spiro atoms. The highest BCUT2D eigenvalue weighted by atomic mass is 16.7. The molecule has 0 unspecified atom stereocenters. The van der Waals surface area contributed by atoms with Gasteiger partial charge in [-0.25, -0.2) is 9.59 Å². The van der Waals surface area contributed by atoms with Crippen LogP contribution in [-0.2, 0) is 14.3 Å². The summed E-state index contributed by atoms with van der Waals surface area (Å²) in [6.45, 7) is 7.77. The summed E-state index contributed by atoms with van der Waals surface area (Å²) >= 11 is 0. The molecule has 0 heterocycles. The largest absolute Gasteiger partial charge is 0.506 e. The van der Waals surface area contributed by atoms with Gasteiger partial charge in [-0.3, -0.25) is 0 Å². The summed E-state index contributed by atoms with van der Waals surface area (Å²) in [6.07, 6.45) is -1.50. The number of esters is 1. The fourth-order valence-corrected chi connectivity index (χ4v) is 0.661. The molecule has 0 aliphatic carbocycles. The number of carbonyl (C=O) groups excluding carboxylic acids is 1. The molecule has 0 amide bonds. The second-order valence-corrected chi connectivity index (χ2v) is 4.38. The normalized spacial score (nSPS) is 12.1. The first kappa shape index (κ1) is 12.7. The van der Waals surface area contributed by atoms with Crippen LogP contribution in [0.3, 0.4) is 0 Å². The highest BCUT2D eigenvalue weighted by Crippen LogP contribution is 2.17. The van der Waals surface area contributed by atoms with Crippen LogP contribution in [0.1, 0.15) is 34.6 Å². The van der Waals surface area contributed by atoms with Crippen LogP contribution >= 0.6 is 0 Å². The van der Waals surface area contributed by atoms with Gasteiger partial charge in [-0.2, -0.15) is 0 Å². The molecule has 0 aromatic rings. The Morgan fingerprint density at radius 2 is 1.43 bits per heavy atom. The Morgan fingerprint density at radius 3 is 1.71 bits per heavy atom. The molecule has 0 aliphatic rings. The van der Waals surface area contributed by atoms with Crippen LogP contribution in [-0.4, -0.2) is 28.4 Å². The van der Waals surface area contributed by atoms with Gasteiger partial charge in [0.2, 0.25) is 5.60 Å². The number of hydrogen-bond donors (Lipinski definition) is 1. The Morgan fingerprint density at radius 1 is 1.00 bits per heavy atom. The van der Waals surface area contributed by atoms with Crippen LogP contribution in [0.15, 0.2) is 0 Å². The van der Waals surface area contributed by atoms with Crippen LogP contribution < -0.4 is 0 Å². The van der Waals surface area contributed by atoms with Crippen LogP contribution in [0.4, 0.5) is 4.79 Å². The second-order valence-electron chi connectivity index (χ2n) is 4.38. The van der Waals surface area contributed by atoms with E-state index in [4.69, 9.17) is 9.84 Å². The predicted octanol–water partition coefficient (Wildman–Crippen LogP) is 1.80. The second kappa shape index (κ2) is 3.86. The SMILES string of the molecule is CC(C)(C)OC(=O)C(C)(C)OC(=O)O. The molecule has 5 heteroatoms. The summed E-state index contributed by atoms with van der Waals surface area (Å²) in [6, 6.07) is 0. The fraction of sp³-hybridized carbons (Fsp3) is 0.778. The molecule has 0 aliphatic heterocycles. The van der Waals surface area contributed by atoms with Gasteiger partial charge in [-0.05, 0) is 34.6 Å². The highest BCUT2D eigenvalue weighted by molar-refractivity contribution is 5.81. The van der Waals surface area contributed by atoms with Gasteiger partial charge in [-0.1, -0.05) is 0 Å². The minimum atomic E-state index is -1.50. The Hall–Kier alpha value is -1.26. The summed E-state index contributed by atoms with van der Waals surface area (Å²) in [4.78, 5) is 21.7. The van der Waals surface area contributed by atoms with Crippen molar-refractivity contribution in [2.24, 2.45) is 0 Å². The lowest BCUT2D eigenvalue weighted by molar-refractivity contribution is -0.175. The zero-order valence-corrected chi connectivity index (χ0v) is 9.08. The molecule has 0 saturated heterocycles. The number of carboxylic acid groups (broad SMARTS) is 1. The molecule has 14 heavy (non-hydrogen) atoms. The van der Waals surface area contributed by atoms with E-state index >= 15 is 0 Å². The summed E-state index contributed by atoms with van der Waals surface area (Å²) in [7, 11) is 0. The molecular weight excluding hydrogens is 188 g/mol. The maximum Gasteiger partial charge on any atom is 0.506 e. The average molecular weight is 204 g/mol. The molecule has 0 fully saturated rings. The lowest BCUT2D eigenvalue weighted by atomic mass is 10.1. The predicted molar refractivity (Wildman–Crippen MR) is 49.0 cm³/mol. The molecule has 0 atom stereocenters. The first-order chi connectivity index (χ1) is 6.04. The van der Waals surface area contributed by atoms with Gasteiger partial charge in [-0.15, -0.1) is 0 Å². The van der Waals surface area contributed by atoms with Gasteiger partial charge in [0.05, 0.1) is 0 Å². The number of ether oxygens (including phenoxy) is 2. The third kappa shape index (κ3) is 4.69. The van der Waals surface area contributed by atoms with Crippen molar-refractivity contribution in [3.63, 3.8) is 0 Å². The van der Waals surface area contributed by atoms with E-state index in [0.717, 1.165) is 0 Å². The van der Waals surface area contributed by atoms with Gasteiger partial charge in [0.1, 0.15) is 5.60 Å². The number of hydrogen-bond acceptors (Lipinski definition) is 4. The van der Waals surface area contributed by atoms with Crippen molar-refractivity contribution in [2.75, 3.05) is 0 Å². The standard InChI is InChI=1S/C9H16O5/c1-8(2,3)13-6(10)9(4,5)14-7(11)12/h1-5H3,(H,11,12). The van der Waals surface area contributed by atoms with Crippen molar-refractivity contribution in [3.05, 3.63) is 0 Å². The van der Waals surface area contributed by atoms with Crippen molar-refractivity contribution >= 4 is 12.1 Å². The summed E-state index contributed by atoms with van der Waals surface area (Å²) in [5.74, 6) is -0.701. The molecular formula is C9H16O5. The molecule has 0 bridgehead atoms. The summed E-state index contributed by atoms with van der Waals surface area (Å²) < 4.78 is 9.36. The van der Waals surface area contributed by atoms with E-state index in [-0.39, 0.29) is 0 Å². The van der Waals surface area contributed by atoms with Gasteiger partial charge in [0.15, 0.2) is 0 Å². The molecule has 5 nitrogen and oxygen atoms in total. The first-order valence-corrected chi connectivity index (χ1v) is 4.20. The molecule has 0 aromatic carbocycles. The van der Waals surface area contributed by atoms with E-state index in [1.54, 1.807) is 20.8 Å². The third-order valence-electron chi connectivity index (χ3n) is 1.23. The van der Waals surface area contributed by atoms with E-state index in [0.29, 0.717) is 0 Å². The van der Waals surface area contributed by atoms with Gasteiger partial charge in [0, 0.05) is 0 Å². The van der Waals surface area contributed by atoms with Crippen LogP contribution in [0, 0.1) is 0 Å². The highest BCUT2D eigenvalue weighted by Gasteiger charge is 2.36. The Bertz CT molecular complexity index is 236. The molecule has 0 rings (SSSR count). The third-order valence-corrected chi connectivity index (χ3v) is 1.23. The zero-order valence-electron chi connectivity index (χ0n) is 9.08. The van der Waals surface area contributed by atoms with Crippen LogP contribution in [0.2, 0.25) is 0 Å². The van der Waals surface area contributed by atoms with E-state index < -0.39 is 23.3 Å². The Labute approximate surface area is 83.0 Å². The summed E-state index contributed by atoms with van der Waals surface area (Å²) in [5.41, 5.74) is -2.13. The van der Waals surface area contributed by atoms with Gasteiger partial charge in [0.25, 0.3) is 0 Å². The van der Waals surface area contributed by atoms with Crippen molar-refractivity contribution < 1.29 is 24.2 Å². The minimum Gasteiger partial charge on any atom is -0.457 e. The topological polar surface area (TPSA) is 72.8 Å². The molecule has 82 valence electrons. The lowest BCUT2D eigenvalue weighted by Crippen LogP contribution is -2.42. The quantitative estimate of drug-likeness (QED) is 0.694. The van der Waals surface area contributed by atoms with Crippen molar-refractivity contribution in [3.8, 4) is 0 Å². The number of rotatable bonds is 2. The zero-order chi connectivity index (χ0) is 11.6. The molecule has 0 saturated carbocycles. The van der Waals surface area contributed by atoms with Crippen molar-refractivity contribution in [1.82, 2.24) is 0 Å². The van der Waals surface area contributed by atoms with Crippen LogP contribution in [0.5, 0.6) is 0 Å². The molecule has 0 radical (unpaired) electrons. The van der Waals surface area contributed by atoms with E-state index in [1.807, 2.05) is 0 Å². The van der Waals surface area contributed by atoms with E-state index in [1.165, 1.54) is 13.8 Å². The Balaban J connectivity index is 4.44. The van der Waals surface area contributed by atoms with Crippen molar-refractivity contribution in [1.29, 1.82) is 0 Å². The van der Waals surface area contributed by atoms with E-state index in [9.17, 15) is 9.59 Å². The maximum absolute atomic E-state index is 11.4. The van der Waals surface area contributed by atoms with Crippen molar-refractivity contribution in [2.45, 2.75) is 45.8 Å². The molecule has 1 N–H and O–H groups in total. The van der Waals surface area contributed by atoms with Gasteiger partial charge < -0.3 is 14.6 Å². The maximum atomic E-state index is 11.4. The lowest BCUT2D eigenvalue weighted by Gasteiger charge is -2.27. The van der Waals surface area contributed by atoms with Gasteiger partial charge >= 0.3 is 12.1 Å². The first-order valence-electron chi connectivity index (χ1n) is 4.20. The molecule has 0 aromatic heterocycles. The number of carbonyl (C=O) groups is 2. The average Bonchev–Trinajstić information content (AvgIpc) is 1.79. The fourth-order valence-electron chi connectivity index (χ4n) is 0.661. The minimum absolute atomic E-state index is 0.657. The van der Waals surface area contributed by atoms with E-state index in [2.05, 4.69) is 4.74 Å². The monoisotopic (exact) mass is 204 g/mol.